The Kier molecular flexibility index (Phi) is 11.5. The van der Waals surface area contributed by atoms with Crippen LogP contribution in [0.3, 0.4) is 0 Å². The summed E-state index contributed by atoms with van der Waals surface area (Å²) in [7, 11) is 0. The fourth-order valence-corrected chi connectivity index (χ4v) is 5.80. The molecule has 1 saturated heterocycles. The fourth-order valence-electron chi connectivity index (χ4n) is 5.80. The van der Waals surface area contributed by atoms with Crippen molar-refractivity contribution in [3.05, 3.63) is 84.2 Å². The van der Waals surface area contributed by atoms with Crippen LogP contribution >= 0.6 is 0 Å². The minimum atomic E-state index is -1.25. The normalized spacial score (nSPS) is 16.0. The first kappa shape index (κ1) is 35.7. The quantitative estimate of drug-likeness (QED) is 0.194. The number of anilines is 1. The summed E-state index contributed by atoms with van der Waals surface area (Å²) in [6, 6.07) is 9.08. The lowest BCUT2D eigenvalue weighted by Crippen LogP contribution is -2.45. The molecule has 1 fully saturated rings. The average Bonchev–Trinajstić information content (AvgIpc) is 3.44. The average molecular weight is 649 g/mol. The highest BCUT2D eigenvalue weighted by Crippen LogP contribution is 2.40. The third-order valence-electron chi connectivity index (χ3n) is 8.13. The number of nitrogens with zero attached hydrogens (tertiary/aromatic N) is 3. The van der Waals surface area contributed by atoms with E-state index in [0.717, 1.165) is 5.56 Å². The highest BCUT2D eigenvalue weighted by Gasteiger charge is 2.37. The van der Waals surface area contributed by atoms with Crippen LogP contribution in [0.15, 0.2) is 61.8 Å². The zero-order valence-corrected chi connectivity index (χ0v) is 28.1. The van der Waals surface area contributed by atoms with Gasteiger partial charge >= 0.3 is 5.97 Å². The molecule has 0 bridgehead atoms. The van der Waals surface area contributed by atoms with E-state index in [2.05, 4.69) is 35.4 Å². The van der Waals surface area contributed by atoms with E-state index < -0.39 is 29.7 Å². The van der Waals surface area contributed by atoms with Gasteiger partial charge in [0, 0.05) is 37.8 Å². The number of hydrogen-bond donors (Lipinski definition) is 3. The summed E-state index contributed by atoms with van der Waals surface area (Å²) in [6.07, 6.45) is 4.68. The van der Waals surface area contributed by atoms with Gasteiger partial charge in [-0.05, 0) is 70.7 Å². The summed E-state index contributed by atoms with van der Waals surface area (Å²) < 4.78 is 19.5. The number of piperidine rings is 1. The monoisotopic (exact) mass is 648 g/mol. The summed E-state index contributed by atoms with van der Waals surface area (Å²) in [5.41, 5.74) is 2.32. The number of nitrogens with one attached hydrogen (secondary N) is 1. The Hall–Kier alpha value is -4.19. The molecular weight excluding hydrogens is 600 g/mol. The lowest BCUT2D eigenvalue weighted by atomic mass is 9.91. The highest BCUT2D eigenvalue weighted by molar-refractivity contribution is 5.95. The molecule has 3 aromatic rings. The third-order valence-corrected chi connectivity index (χ3v) is 8.13. The molecule has 0 spiro atoms. The molecule has 0 radical (unpaired) electrons. The minimum absolute atomic E-state index is 0.00440. The lowest BCUT2D eigenvalue weighted by molar-refractivity contribution is -0.160. The van der Waals surface area contributed by atoms with Crippen molar-refractivity contribution in [2.75, 3.05) is 37.7 Å². The summed E-state index contributed by atoms with van der Waals surface area (Å²) in [5, 5.41) is 28.5. The smallest absolute Gasteiger partial charge is 0.337 e. The Morgan fingerprint density at radius 1 is 1.15 bits per heavy atom. The molecule has 0 aliphatic carbocycles. The third kappa shape index (κ3) is 9.00. The number of aryl methyl sites for hydroxylation is 1. The number of aromatic nitrogens is 2. The number of carboxylic acid groups (broad SMARTS) is 1. The molecule has 4 rings (SSSR count). The number of fused-ring (bicyclic) bond motifs is 1. The number of carbonyl (C=O) groups is 2. The molecule has 2 unspecified atom stereocenters. The van der Waals surface area contributed by atoms with E-state index in [-0.39, 0.29) is 24.3 Å². The first-order chi connectivity index (χ1) is 22.2. The highest BCUT2D eigenvalue weighted by atomic mass is 16.5. The first-order valence-corrected chi connectivity index (χ1v) is 16.0. The Morgan fingerprint density at radius 3 is 2.47 bits per heavy atom. The Morgan fingerprint density at radius 2 is 1.83 bits per heavy atom. The van der Waals surface area contributed by atoms with Crippen molar-refractivity contribution in [3.63, 3.8) is 0 Å². The van der Waals surface area contributed by atoms with Crippen LogP contribution in [0.5, 0.6) is 5.75 Å². The maximum atomic E-state index is 13.4. The van der Waals surface area contributed by atoms with Crippen LogP contribution in [0.1, 0.15) is 73.8 Å². The Bertz CT molecular complexity index is 1580. The van der Waals surface area contributed by atoms with Crippen molar-refractivity contribution >= 4 is 23.1 Å². The topological polar surface area (TPSA) is 135 Å². The van der Waals surface area contributed by atoms with Crippen molar-refractivity contribution in [3.8, 4) is 5.75 Å². The maximum absolute atomic E-state index is 13.4. The van der Waals surface area contributed by atoms with Gasteiger partial charge in [0.25, 0.3) is 5.91 Å². The molecule has 0 saturated carbocycles. The van der Waals surface area contributed by atoms with Gasteiger partial charge in [-0.1, -0.05) is 36.9 Å². The minimum Gasteiger partial charge on any atom is -0.489 e. The number of amides is 1. The molecule has 11 nitrogen and oxygen atoms in total. The number of benzene rings is 1. The SMILES string of the molecule is C=CCOc1ccccc1CC(O)CNC(=O)c1cc2c(N3CCC(C)(OCC=C)CC3)c(C(OC(C)(C)C)C(=O)O)c(C)cn2n1. The molecule has 2 aromatic heterocycles. The summed E-state index contributed by atoms with van der Waals surface area (Å²) in [5.74, 6) is -0.913. The van der Waals surface area contributed by atoms with Gasteiger partial charge in [-0.2, -0.15) is 5.10 Å². The molecule has 1 aliphatic heterocycles. The maximum Gasteiger partial charge on any atom is 0.337 e. The number of aliphatic carboxylic acids is 1. The van der Waals surface area contributed by atoms with Crippen LogP contribution in [0.4, 0.5) is 5.69 Å². The largest absolute Gasteiger partial charge is 0.489 e. The fraction of sp³-hybridized carbons (Fsp3) is 0.472. The Labute approximate surface area is 276 Å². The van der Waals surface area contributed by atoms with Crippen LogP contribution < -0.4 is 15.0 Å². The predicted octanol–water partition coefficient (Wildman–Crippen LogP) is 5.04. The predicted molar refractivity (Wildman–Crippen MR) is 181 cm³/mol. The number of para-hydroxylation sites is 1. The number of ether oxygens (including phenoxy) is 3. The molecule has 3 N–H and O–H groups in total. The molecule has 254 valence electrons. The van der Waals surface area contributed by atoms with Crippen molar-refractivity contribution in [1.82, 2.24) is 14.9 Å². The van der Waals surface area contributed by atoms with E-state index >= 15 is 0 Å². The number of carbonyl (C=O) groups excluding carboxylic acids is 1. The number of aliphatic hydroxyl groups is 1. The Balaban J connectivity index is 1.64. The van der Waals surface area contributed by atoms with E-state index in [1.807, 2.05) is 52.0 Å². The molecule has 1 amide bonds. The van der Waals surface area contributed by atoms with Crippen LogP contribution in [-0.2, 0) is 20.7 Å². The second kappa shape index (κ2) is 15.1. The van der Waals surface area contributed by atoms with Crippen molar-refractivity contribution in [1.29, 1.82) is 0 Å². The van der Waals surface area contributed by atoms with E-state index in [4.69, 9.17) is 14.2 Å². The van der Waals surface area contributed by atoms with E-state index in [9.17, 15) is 19.8 Å². The van der Waals surface area contributed by atoms with Gasteiger partial charge in [0.15, 0.2) is 11.8 Å². The molecule has 47 heavy (non-hydrogen) atoms. The van der Waals surface area contributed by atoms with Crippen LogP contribution in [0, 0.1) is 6.92 Å². The second-order valence-corrected chi connectivity index (χ2v) is 13.2. The van der Waals surface area contributed by atoms with Gasteiger partial charge in [0.1, 0.15) is 12.4 Å². The molecule has 3 heterocycles. The number of pyridine rings is 1. The van der Waals surface area contributed by atoms with Crippen molar-refractivity contribution < 1.29 is 34.0 Å². The number of rotatable bonds is 15. The molecule has 1 aromatic carbocycles. The van der Waals surface area contributed by atoms with Gasteiger partial charge in [0.05, 0.1) is 35.1 Å². The van der Waals surface area contributed by atoms with Crippen molar-refractivity contribution in [2.24, 2.45) is 0 Å². The zero-order chi connectivity index (χ0) is 34.4. The molecule has 11 heteroatoms. The molecule has 2 atom stereocenters. The number of hydrogen-bond acceptors (Lipinski definition) is 8. The number of carboxylic acids is 1. The summed E-state index contributed by atoms with van der Waals surface area (Å²) in [6.45, 7) is 18.8. The van der Waals surface area contributed by atoms with E-state index in [1.54, 1.807) is 28.9 Å². The molecular formula is C36H48N4O7. The number of aliphatic hydroxyl groups excluding tert-OH is 1. The van der Waals surface area contributed by atoms with Gasteiger partial charge in [-0.15, -0.1) is 6.58 Å². The first-order valence-electron chi connectivity index (χ1n) is 16.0. The van der Waals surface area contributed by atoms with E-state index in [0.29, 0.717) is 67.2 Å². The van der Waals surface area contributed by atoms with Gasteiger partial charge < -0.3 is 34.6 Å². The van der Waals surface area contributed by atoms with Gasteiger partial charge in [-0.25, -0.2) is 9.31 Å². The van der Waals surface area contributed by atoms with Crippen molar-refractivity contribution in [2.45, 2.75) is 77.3 Å². The summed E-state index contributed by atoms with van der Waals surface area (Å²) in [4.78, 5) is 28.2. The second-order valence-electron chi connectivity index (χ2n) is 13.2. The zero-order valence-electron chi connectivity index (χ0n) is 28.1. The van der Waals surface area contributed by atoms with Gasteiger partial charge in [0.2, 0.25) is 0 Å². The molecule has 1 aliphatic rings. The van der Waals surface area contributed by atoms with Crippen LogP contribution in [0.2, 0.25) is 0 Å². The van der Waals surface area contributed by atoms with Gasteiger partial charge in [-0.3, -0.25) is 4.79 Å². The standard InChI is InChI=1S/C36H48N4O7/c1-8-18-45-29-13-11-10-12-25(29)20-26(41)22-37-33(42)27-21-28-31(39-16-14-36(7,15-17-39)46-19-9-2)30(24(3)23-40(28)38-27)32(34(43)44)47-35(4,5)6/h8-13,21,23,26,32,41H,1-2,14-20,22H2,3-7H3,(H,37,42)(H,43,44). The lowest BCUT2D eigenvalue weighted by Gasteiger charge is -2.41. The van der Waals surface area contributed by atoms with E-state index in [1.165, 1.54) is 0 Å². The summed E-state index contributed by atoms with van der Waals surface area (Å²) >= 11 is 0. The van der Waals surface area contributed by atoms with Crippen LogP contribution in [-0.4, -0.2) is 81.9 Å². The van der Waals surface area contributed by atoms with Crippen LogP contribution in [0.25, 0.3) is 5.52 Å².